The van der Waals surface area contributed by atoms with E-state index in [1.807, 2.05) is 19.1 Å². The minimum atomic E-state index is -0.604. The molecular formula is C18H11FN2O3S. The SMILES string of the molecule is Cc1ccc(-n2c(O)c(C3=c4cc(F)ccc4=NC3=O)sc2=O)cc1. The number of carbonyl (C=O) groups excluding carboxylic acids is 1. The molecule has 2 heterocycles. The van der Waals surface area contributed by atoms with Gasteiger partial charge in [-0.05, 0) is 37.3 Å². The predicted molar refractivity (Wildman–Crippen MR) is 91.0 cm³/mol. The van der Waals surface area contributed by atoms with Gasteiger partial charge < -0.3 is 5.11 Å². The topological polar surface area (TPSA) is 71.7 Å². The third-order valence-electron chi connectivity index (χ3n) is 3.97. The van der Waals surface area contributed by atoms with Crippen LogP contribution in [0.2, 0.25) is 0 Å². The molecule has 0 atom stereocenters. The maximum atomic E-state index is 13.6. The van der Waals surface area contributed by atoms with Gasteiger partial charge in [0.1, 0.15) is 10.7 Å². The fourth-order valence-corrected chi connectivity index (χ4v) is 3.70. The molecule has 0 radical (unpaired) electrons. The van der Waals surface area contributed by atoms with Crippen LogP contribution < -0.4 is 15.4 Å². The summed E-state index contributed by atoms with van der Waals surface area (Å²) in [5.41, 5.74) is 1.54. The van der Waals surface area contributed by atoms with Gasteiger partial charge in [0, 0.05) is 5.22 Å². The Morgan fingerprint density at radius 3 is 2.56 bits per heavy atom. The average molecular weight is 354 g/mol. The second kappa shape index (κ2) is 5.49. The van der Waals surface area contributed by atoms with Crippen LogP contribution in [0.4, 0.5) is 4.39 Å². The molecule has 5 nitrogen and oxygen atoms in total. The number of fused-ring (bicyclic) bond motifs is 1. The summed E-state index contributed by atoms with van der Waals surface area (Å²) >= 11 is 0.728. The molecule has 1 aliphatic rings. The van der Waals surface area contributed by atoms with Gasteiger partial charge in [0.05, 0.1) is 16.6 Å². The van der Waals surface area contributed by atoms with E-state index >= 15 is 0 Å². The van der Waals surface area contributed by atoms with Crippen molar-refractivity contribution in [1.82, 2.24) is 4.57 Å². The van der Waals surface area contributed by atoms with Gasteiger partial charge in [-0.2, -0.15) is 0 Å². The Bertz CT molecular complexity index is 1210. The number of aromatic hydroxyl groups is 1. The number of thiazole rings is 1. The first kappa shape index (κ1) is 15.5. The highest BCUT2D eigenvalue weighted by Gasteiger charge is 2.26. The maximum absolute atomic E-state index is 13.6. The largest absolute Gasteiger partial charge is 0.493 e. The van der Waals surface area contributed by atoms with Crippen LogP contribution in [0.25, 0.3) is 11.3 Å². The lowest BCUT2D eigenvalue weighted by atomic mass is 10.1. The standard InChI is InChI=1S/C18H11FN2O3S/c1-9-2-5-11(6-3-9)21-17(23)15(25-18(21)24)14-12-8-10(19)4-7-13(12)20-16(14)22/h2-8,23H,1H3. The molecule has 0 bridgehead atoms. The van der Waals surface area contributed by atoms with E-state index < -0.39 is 16.6 Å². The van der Waals surface area contributed by atoms with Gasteiger partial charge in [-0.25, -0.2) is 13.9 Å². The summed E-state index contributed by atoms with van der Waals surface area (Å²) in [6.07, 6.45) is 0. The van der Waals surface area contributed by atoms with Crippen molar-refractivity contribution in [3.05, 3.63) is 79.0 Å². The molecule has 0 saturated heterocycles. The Kier molecular flexibility index (Phi) is 3.40. The number of halogens is 1. The van der Waals surface area contributed by atoms with Crippen LogP contribution in [0, 0.1) is 12.7 Å². The summed E-state index contributed by atoms with van der Waals surface area (Å²) in [4.78, 5) is 28.1. The number of rotatable bonds is 2. The van der Waals surface area contributed by atoms with Gasteiger partial charge in [0.25, 0.3) is 5.91 Å². The maximum Gasteiger partial charge on any atom is 0.315 e. The molecule has 1 N–H and O–H groups in total. The smallest absolute Gasteiger partial charge is 0.315 e. The number of carbonyl (C=O) groups is 1. The Morgan fingerprint density at radius 2 is 1.84 bits per heavy atom. The van der Waals surface area contributed by atoms with Crippen molar-refractivity contribution in [2.45, 2.75) is 6.92 Å². The molecule has 1 amide bonds. The number of amides is 1. The fourth-order valence-electron chi connectivity index (χ4n) is 2.76. The van der Waals surface area contributed by atoms with Gasteiger partial charge in [0.2, 0.25) is 5.88 Å². The van der Waals surface area contributed by atoms with Crippen LogP contribution >= 0.6 is 11.3 Å². The highest BCUT2D eigenvalue weighted by molar-refractivity contribution is 7.11. The van der Waals surface area contributed by atoms with Crippen molar-refractivity contribution in [1.29, 1.82) is 0 Å². The van der Waals surface area contributed by atoms with Crippen LogP contribution in [0.15, 0.2) is 52.3 Å². The second-order valence-corrected chi connectivity index (χ2v) is 6.61. The normalized spacial score (nSPS) is 13.0. The number of nitrogens with zero attached hydrogens (tertiary/aromatic N) is 2. The van der Waals surface area contributed by atoms with Crippen molar-refractivity contribution >= 4 is 22.8 Å². The van der Waals surface area contributed by atoms with Crippen molar-refractivity contribution < 1.29 is 14.3 Å². The van der Waals surface area contributed by atoms with E-state index in [9.17, 15) is 19.1 Å². The van der Waals surface area contributed by atoms with Crippen molar-refractivity contribution in [2.75, 3.05) is 0 Å². The molecule has 0 unspecified atom stereocenters. The van der Waals surface area contributed by atoms with E-state index in [1.165, 1.54) is 18.2 Å². The zero-order valence-corrected chi connectivity index (χ0v) is 13.8. The first-order valence-corrected chi connectivity index (χ1v) is 8.22. The summed E-state index contributed by atoms with van der Waals surface area (Å²) in [6.45, 7) is 1.91. The molecule has 0 saturated carbocycles. The Balaban J connectivity index is 2.00. The monoisotopic (exact) mass is 354 g/mol. The third kappa shape index (κ3) is 2.40. The number of hydrogen-bond donors (Lipinski definition) is 1. The van der Waals surface area contributed by atoms with Crippen LogP contribution in [0.5, 0.6) is 5.88 Å². The van der Waals surface area contributed by atoms with Crippen molar-refractivity contribution in [2.24, 2.45) is 4.99 Å². The van der Waals surface area contributed by atoms with Gasteiger partial charge in [-0.1, -0.05) is 29.0 Å². The molecule has 124 valence electrons. The molecule has 0 spiro atoms. The Morgan fingerprint density at radius 1 is 1.12 bits per heavy atom. The molecule has 0 aliphatic carbocycles. The fraction of sp³-hybridized carbons (Fsp3) is 0.0556. The summed E-state index contributed by atoms with van der Waals surface area (Å²) in [6, 6.07) is 10.8. The average Bonchev–Trinajstić information content (AvgIpc) is 3.04. The minimum Gasteiger partial charge on any atom is -0.493 e. The molecule has 25 heavy (non-hydrogen) atoms. The van der Waals surface area contributed by atoms with Crippen LogP contribution in [0.1, 0.15) is 10.4 Å². The number of aryl methyl sites for hydroxylation is 1. The van der Waals surface area contributed by atoms with Gasteiger partial charge in [-0.3, -0.25) is 9.59 Å². The number of aromatic nitrogens is 1. The van der Waals surface area contributed by atoms with Crippen LogP contribution in [0.3, 0.4) is 0 Å². The van der Waals surface area contributed by atoms with E-state index in [0.29, 0.717) is 11.0 Å². The van der Waals surface area contributed by atoms with E-state index in [-0.39, 0.29) is 21.5 Å². The third-order valence-corrected chi connectivity index (χ3v) is 4.92. The minimum absolute atomic E-state index is 0.0416. The van der Waals surface area contributed by atoms with Gasteiger partial charge in [-0.15, -0.1) is 0 Å². The molecule has 1 aromatic heterocycles. The molecule has 4 rings (SSSR count). The summed E-state index contributed by atoms with van der Waals surface area (Å²) in [7, 11) is 0. The Hall–Kier alpha value is -3.06. The zero-order valence-electron chi connectivity index (χ0n) is 13.0. The van der Waals surface area contributed by atoms with Crippen molar-refractivity contribution in [3.63, 3.8) is 0 Å². The number of hydrogen-bond acceptors (Lipinski definition) is 4. The molecule has 0 fully saturated rings. The lowest BCUT2D eigenvalue weighted by molar-refractivity contribution is -0.112. The lowest BCUT2D eigenvalue weighted by Crippen LogP contribution is -2.23. The highest BCUT2D eigenvalue weighted by Crippen LogP contribution is 2.30. The van der Waals surface area contributed by atoms with Gasteiger partial charge in [0.15, 0.2) is 0 Å². The molecule has 2 aromatic carbocycles. The van der Waals surface area contributed by atoms with E-state index in [4.69, 9.17) is 0 Å². The molecule has 1 aliphatic heterocycles. The lowest BCUT2D eigenvalue weighted by Gasteiger charge is -2.04. The highest BCUT2D eigenvalue weighted by atomic mass is 32.1. The Labute approximate surface area is 144 Å². The number of benzene rings is 2. The van der Waals surface area contributed by atoms with E-state index in [1.54, 1.807) is 12.1 Å². The first-order valence-electron chi connectivity index (χ1n) is 7.41. The first-order chi connectivity index (χ1) is 12.0. The summed E-state index contributed by atoms with van der Waals surface area (Å²) < 4.78 is 14.7. The summed E-state index contributed by atoms with van der Waals surface area (Å²) in [5, 5.41) is 11.2. The van der Waals surface area contributed by atoms with Gasteiger partial charge >= 0.3 is 4.87 Å². The predicted octanol–water partition coefficient (Wildman–Crippen LogP) is 1.41. The molecule has 3 aromatic rings. The van der Waals surface area contributed by atoms with E-state index in [0.717, 1.165) is 21.5 Å². The van der Waals surface area contributed by atoms with E-state index in [2.05, 4.69) is 4.99 Å². The second-order valence-electron chi connectivity index (χ2n) is 5.65. The quantitative estimate of drug-likeness (QED) is 0.756. The molecular weight excluding hydrogens is 343 g/mol. The van der Waals surface area contributed by atoms with Crippen LogP contribution in [-0.2, 0) is 4.79 Å². The van der Waals surface area contributed by atoms with Crippen molar-refractivity contribution in [3.8, 4) is 11.6 Å². The van der Waals surface area contributed by atoms with Crippen LogP contribution in [-0.4, -0.2) is 15.6 Å². The zero-order chi connectivity index (χ0) is 17.7. The summed E-state index contributed by atoms with van der Waals surface area (Å²) in [5.74, 6) is -1.48. The molecule has 7 heteroatoms.